The minimum Gasteiger partial charge on any atom is -0.465 e. The van der Waals surface area contributed by atoms with Gasteiger partial charge < -0.3 is 9.64 Å². The molecule has 2 unspecified atom stereocenters. The molecular formula is C16H32N2O2. The Kier molecular flexibility index (Phi) is 6.46. The Morgan fingerprint density at radius 1 is 1.40 bits per heavy atom. The van der Waals surface area contributed by atoms with Crippen LogP contribution < -0.4 is 5.32 Å². The van der Waals surface area contributed by atoms with Crippen molar-refractivity contribution in [3.05, 3.63) is 0 Å². The molecule has 2 atom stereocenters. The monoisotopic (exact) mass is 284 g/mol. The van der Waals surface area contributed by atoms with E-state index in [4.69, 9.17) is 4.74 Å². The standard InChI is InChI=1S/C16H32N2O2/c1-7-20-15(19)16(5,17-12(2)3)11-13(4)18(6)14-9-8-10-14/h12-14,17H,7-11H2,1-6H3. The molecule has 0 saturated heterocycles. The van der Waals surface area contributed by atoms with Crippen LogP contribution in [0.4, 0.5) is 0 Å². The fourth-order valence-corrected chi connectivity index (χ4v) is 3.02. The van der Waals surface area contributed by atoms with Gasteiger partial charge in [-0.3, -0.25) is 10.1 Å². The molecule has 0 aliphatic heterocycles. The van der Waals surface area contributed by atoms with E-state index in [1.54, 1.807) is 0 Å². The highest BCUT2D eigenvalue weighted by atomic mass is 16.5. The first kappa shape index (κ1) is 17.4. The summed E-state index contributed by atoms with van der Waals surface area (Å²) in [6, 6.07) is 1.31. The Morgan fingerprint density at radius 2 is 2.00 bits per heavy atom. The smallest absolute Gasteiger partial charge is 0.326 e. The molecule has 0 aromatic rings. The second-order valence-corrected chi connectivity index (χ2v) is 6.65. The molecule has 0 heterocycles. The third kappa shape index (κ3) is 4.45. The highest BCUT2D eigenvalue weighted by molar-refractivity contribution is 5.80. The first-order valence-corrected chi connectivity index (χ1v) is 7.97. The van der Waals surface area contributed by atoms with Crippen LogP contribution in [0, 0.1) is 0 Å². The minimum absolute atomic E-state index is 0.137. The number of ether oxygens (including phenoxy) is 1. The summed E-state index contributed by atoms with van der Waals surface area (Å²) < 4.78 is 5.27. The number of hydrogen-bond donors (Lipinski definition) is 1. The van der Waals surface area contributed by atoms with Gasteiger partial charge in [0.25, 0.3) is 0 Å². The third-order valence-electron chi connectivity index (χ3n) is 4.38. The van der Waals surface area contributed by atoms with E-state index in [-0.39, 0.29) is 12.0 Å². The molecule has 1 N–H and O–H groups in total. The van der Waals surface area contributed by atoms with Crippen molar-refractivity contribution in [2.24, 2.45) is 0 Å². The molecule has 0 aromatic carbocycles. The van der Waals surface area contributed by atoms with Crippen LogP contribution in [-0.4, -0.2) is 48.2 Å². The van der Waals surface area contributed by atoms with Gasteiger partial charge in [0, 0.05) is 18.1 Å². The topological polar surface area (TPSA) is 41.6 Å². The van der Waals surface area contributed by atoms with Crippen LogP contribution in [0.5, 0.6) is 0 Å². The van der Waals surface area contributed by atoms with E-state index in [1.807, 2.05) is 13.8 Å². The lowest BCUT2D eigenvalue weighted by Crippen LogP contribution is -2.57. The largest absolute Gasteiger partial charge is 0.465 e. The SMILES string of the molecule is CCOC(=O)C(C)(CC(C)N(C)C1CCC1)NC(C)C. The summed E-state index contributed by atoms with van der Waals surface area (Å²) in [6.07, 6.45) is 4.68. The van der Waals surface area contributed by atoms with Crippen LogP contribution >= 0.6 is 0 Å². The molecule has 1 saturated carbocycles. The van der Waals surface area contributed by atoms with Crippen molar-refractivity contribution in [1.82, 2.24) is 10.2 Å². The molecule has 0 radical (unpaired) electrons. The maximum Gasteiger partial charge on any atom is 0.326 e. The van der Waals surface area contributed by atoms with Crippen molar-refractivity contribution < 1.29 is 9.53 Å². The van der Waals surface area contributed by atoms with Gasteiger partial charge in [-0.25, -0.2) is 0 Å². The van der Waals surface area contributed by atoms with Crippen LogP contribution in [0.15, 0.2) is 0 Å². The molecule has 1 rings (SSSR count). The second-order valence-electron chi connectivity index (χ2n) is 6.65. The van der Waals surface area contributed by atoms with Gasteiger partial charge in [-0.15, -0.1) is 0 Å². The molecule has 1 aliphatic rings. The highest BCUT2D eigenvalue weighted by Crippen LogP contribution is 2.28. The normalized spacial score (nSPS) is 20.6. The van der Waals surface area contributed by atoms with Crippen LogP contribution in [-0.2, 0) is 9.53 Å². The first-order valence-electron chi connectivity index (χ1n) is 7.97. The van der Waals surface area contributed by atoms with Crippen molar-refractivity contribution >= 4 is 5.97 Å². The highest BCUT2D eigenvalue weighted by Gasteiger charge is 2.38. The number of carbonyl (C=O) groups is 1. The van der Waals surface area contributed by atoms with Gasteiger partial charge in [0.05, 0.1) is 6.61 Å². The molecular weight excluding hydrogens is 252 g/mol. The molecule has 118 valence electrons. The quantitative estimate of drug-likeness (QED) is 0.696. The number of nitrogens with one attached hydrogen (secondary N) is 1. The van der Waals surface area contributed by atoms with E-state index in [9.17, 15) is 4.79 Å². The lowest BCUT2D eigenvalue weighted by atomic mass is 9.87. The average molecular weight is 284 g/mol. The molecule has 4 nitrogen and oxygen atoms in total. The average Bonchev–Trinajstić information content (AvgIpc) is 2.25. The summed E-state index contributed by atoms with van der Waals surface area (Å²) in [6.45, 7) is 10.6. The Labute approximate surface area is 124 Å². The fourth-order valence-electron chi connectivity index (χ4n) is 3.02. The van der Waals surface area contributed by atoms with Crippen LogP contribution in [0.25, 0.3) is 0 Å². The van der Waals surface area contributed by atoms with E-state index in [0.717, 1.165) is 6.42 Å². The minimum atomic E-state index is -0.610. The molecule has 20 heavy (non-hydrogen) atoms. The number of rotatable bonds is 8. The molecule has 4 heteroatoms. The molecule has 0 amide bonds. The molecule has 1 aliphatic carbocycles. The molecule has 0 bridgehead atoms. The maximum atomic E-state index is 12.3. The number of esters is 1. The third-order valence-corrected chi connectivity index (χ3v) is 4.38. The van der Waals surface area contributed by atoms with E-state index < -0.39 is 5.54 Å². The fraction of sp³-hybridized carbons (Fsp3) is 0.938. The number of hydrogen-bond acceptors (Lipinski definition) is 4. The van der Waals surface area contributed by atoms with Crippen molar-refractivity contribution in [3.8, 4) is 0 Å². The maximum absolute atomic E-state index is 12.3. The Hall–Kier alpha value is -0.610. The van der Waals surface area contributed by atoms with Gasteiger partial charge in [-0.1, -0.05) is 6.42 Å². The van der Waals surface area contributed by atoms with Crippen molar-refractivity contribution in [3.63, 3.8) is 0 Å². The zero-order valence-electron chi connectivity index (χ0n) is 14.0. The molecule has 0 aromatic heterocycles. The summed E-state index contributed by atoms with van der Waals surface area (Å²) in [5.41, 5.74) is -0.610. The summed E-state index contributed by atoms with van der Waals surface area (Å²) in [5, 5.41) is 3.40. The van der Waals surface area contributed by atoms with E-state index >= 15 is 0 Å². The Morgan fingerprint density at radius 3 is 2.40 bits per heavy atom. The lowest BCUT2D eigenvalue weighted by Gasteiger charge is -2.42. The predicted molar refractivity (Wildman–Crippen MR) is 82.8 cm³/mol. The van der Waals surface area contributed by atoms with Gasteiger partial charge in [0.2, 0.25) is 0 Å². The lowest BCUT2D eigenvalue weighted by molar-refractivity contribution is -0.151. The first-order chi connectivity index (χ1) is 9.30. The summed E-state index contributed by atoms with van der Waals surface area (Å²) in [7, 11) is 2.18. The van der Waals surface area contributed by atoms with E-state index in [1.165, 1.54) is 19.3 Å². The van der Waals surface area contributed by atoms with Gasteiger partial charge >= 0.3 is 5.97 Å². The summed E-state index contributed by atoms with van der Waals surface area (Å²) in [5.74, 6) is -0.137. The Balaban J connectivity index is 2.69. The number of nitrogens with zero attached hydrogens (tertiary/aromatic N) is 1. The van der Waals surface area contributed by atoms with Gasteiger partial charge in [0.15, 0.2) is 0 Å². The number of carbonyl (C=O) groups excluding carboxylic acids is 1. The van der Waals surface area contributed by atoms with Crippen LogP contribution in [0.1, 0.15) is 60.3 Å². The summed E-state index contributed by atoms with van der Waals surface area (Å²) in [4.78, 5) is 14.7. The molecule has 1 fully saturated rings. The van der Waals surface area contributed by atoms with E-state index in [2.05, 4.69) is 38.0 Å². The summed E-state index contributed by atoms with van der Waals surface area (Å²) >= 11 is 0. The Bertz CT molecular complexity index is 316. The van der Waals surface area contributed by atoms with Crippen LogP contribution in [0.3, 0.4) is 0 Å². The van der Waals surface area contributed by atoms with Crippen molar-refractivity contribution in [2.75, 3.05) is 13.7 Å². The zero-order chi connectivity index (χ0) is 15.3. The van der Waals surface area contributed by atoms with Gasteiger partial charge in [-0.05, 0) is 60.9 Å². The second kappa shape index (κ2) is 7.41. The molecule has 0 spiro atoms. The predicted octanol–water partition coefficient (Wildman–Crippen LogP) is 2.57. The van der Waals surface area contributed by atoms with Crippen LogP contribution in [0.2, 0.25) is 0 Å². The van der Waals surface area contributed by atoms with Crippen molar-refractivity contribution in [2.45, 2.75) is 84.0 Å². The zero-order valence-corrected chi connectivity index (χ0v) is 14.0. The van der Waals surface area contributed by atoms with E-state index in [0.29, 0.717) is 18.7 Å². The van der Waals surface area contributed by atoms with Gasteiger partial charge in [-0.2, -0.15) is 0 Å². The van der Waals surface area contributed by atoms with Gasteiger partial charge in [0.1, 0.15) is 5.54 Å². The van der Waals surface area contributed by atoms with Crippen molar-refractivity contribution in [1.29, 1.82) is 0 Å².